The van der Waals surface area contributed by atoms with Gasteiger partial charge >= 0.3 is 5.97 Å². The molecule has 2 rings (SSSR count). The van der Waals surface area contributed by atoms with Crippen molar-refractivity contribution in [2.45, 2.75) is 19.8 Å². The molecule has 2 atom stereocenters. The lowest BCUT2D eigenvalue weighted by atomic mass is 9.90. The van der Waals surface area contributed by atoms with Crippen LogP contribution in [0.4, 0.5) is 0 Å². The van der Waals surface area contributed by atoms with Crippen molar-refractivity contribution < 1.29 is 9.53 Å². The molecule has 0 spiro atoms. The lowest BCUT2D eigenvalue weighted by molar-refractivity contribution is -0.148. The van der Waals surface area contributed by atoms with Gasteiger partial charge in [-0.2, -0.15) is 0 Å². The summed E-state index contributed by atoms with van der Waals surface area (Å²) in [6.45, 7) is 3.05. The minimum atomic E-state index is -0.0553. The molecule has 0 radical (unpaired) electrons. The van der Waals surface area contributed by atoms with Crippen LogP contribution in [0, 0.1) is 11.8 Å². The Morgan fingerprint density at radius 3 is 3.33 bits per heavy atom. The molecule has 0 bridgehead atoms. The van der Waals surface area contributed by atoms with Gasteiger partial charge in [0.15, 0.2) is 0 Å². The van der Waals surface area contributed by atoms with E-state index in [2.05, 4.69) is 23.5 Å². The molecule has 1 saturated heterocycles. The third-order valence-electron chi connectivity index (χ3n) is 3.06. The average molecular weight is 207 g/mol. The van der Waals surface area contributed by atoms with E-state index in [1.165, 1.54) is 5.70 Å². The van der Waals surface area contributed by atoms with Crippen LogP contribution in [0.3, 0.4) is 0 Å². The molecule has 1 fully saturated rings. The SMILES string of the molecule is CCOC(=O)C1CNC2=CC=CCCC21. The lowest BCUT2D eigenvalue weighted by Gasteiger charge is -2.16. The molecule has 0 saturated carbocycles. The number of carbonyl (C=O) groups excluding carboxylic acids is 1. The predicted molar refractivity (Wildman–Crippen MR) is 58.1 cm³/mol. The quantitative estimate of drug-likeness (QED) is 0.699. The van der Waals surface area contributed by atoms with Gasteiger partial charge in [0.05, 0.1) is 12.5 Å². The third kappa shape index (κ3) is 2.06. The number of fused-ring (bicyclic) bond motifs is 1. The van der Waals surface area contributed by atoms with E-state index < -0.39 is 0 Å². The molecule has 1 heterocycles. The van der Waals surface area contributed by atoms with Gasteiger partial charge in [0, 0.05) is 18.2 Å². The van der Waals surface area contributed by atoms with Crippen molar-refractivity contribution in [2.24, 2.45) is 11.8 Å². The number of esters is 1. The molecule has 3 heteroatoms. The first kappa shape index (κ1) is 10.3. The monoisotopic (exact) mass is 207 g/mol. The number of nitrogens with one attached hydrogen (secondary N) is 1. The first-order chi connectivity index (χ1) is 7.33. The Hall–Kier alpha value is -1.25. The highest BCUT2D eigenvalue weighted by atomic mass is 16.5. The fourth-order valence-electron chi connectivity index (χ4n) is 2.30. The minimum absolute atomic E-state index is 0.0103. The second kappa shape index (κ2) is 4.51. The van der Waals surface area contributed by atoms with Gasteiger partial charge in [-0.05, 0) is 25.8 Å². The highest BCUT2D eigenvalue weighted by Crippen LogP contribution is 2.32. The summed E-state index contributed by atoms with van der Waals surface area (Å²) in [5.74, 6) is 0.287. The Bertz CT molecular complexity index is 307. The third-order valence-corrected chi connectivity index (χ3v) is 3.06. The Morgan fingerprint density at radius 2 is 2.53 bits per heavy atom. The number of carbonyl (C=O) groups is 1. The van der Waals surface area contributed by atoms with Crippen molar-refractivity contribution in [1.82, 2.24) is 5.32 Å². The maximum Gasteiger partial charge on any atom is 0.311 e. The fraction of sp³-hybridized carbons (Fsp3) is 0.583. The second-order valence-electron chi connectivity index (χ2n) is 3.97. The largest absolute Gasteiger partial charge is 0.466 e. The van der Waals surface area contributed by atoms with Gasteiger partial charge in [-0.3, -0.25) is 4.79 Å². The Kier molecular flexibility index (Phi) is 3.09. The van der Waals surface area contributed by atoms with E-state index >= 15 is 0 Å². The topological polar surface area (TPSA) is 38.3 Å². The molecule has 3 nitrogen and oxygen atoms in total. The molecule has 1 N–H and O–H groups in total. The zero-order chi connectivity index (χ0) is 10.7. The van der Waals surface area contributed by atoms with Crippen LogP contribution >= 0.6 is 0 Å². The van der Waals surface area contributed by atoms with Gasteiger partial charge < -0.3 is 10.1 Å². The maximum absolute atomic E-state index is 11.7. The average Bonchev–Trinajstić information content (AvgIpc) is 2.48. The van der Waals surface area contributed by atoms with Gasteiger partial charge in [0.25, 0.3) is 0 Å². The van der Waals surface area contributed by atoms with Crippen molar-refractivity contribution in [2.75, 3.05) is 13.2 Å². The van der Waals surface area contributed by atoms with Crippen molar-refractivity contribution in [1.29, 1.82) is 0 Å². The van der Waals surface area contributed by atoms with Crippen LogP contribution in [0.2, 0.25) is 0 Å². The molecule has 2 unspecified atom stereocenters. The van der Waals surface area contributed by atoms with Crippen molar-refractivity contribution in [3.05, 3.63) is 23.9 Å². The number of hydrogen-bond acceptors (Lipinski definition) is 3. The molecular formula is C12H17NO2. The van der Waals surface area contributed by atoms with Gasteiger partial charge in [-0.25, -0.2) is 0 Å². The first-order valence-electron chi connectivity index (χ1n) is 5.60. The van der Waals surface area contributed by atoms with Gasteiger partial charge in [0.2, 0.25) is 0 Å². The molecule has 1 aliphatic heterocycles. The zero-order valence-electron chi connectivity index (χ0n) is 9.03. The molecule has 0 aromatic carbocycles. The Balaban J connectivity index is 2.08. The van der Waals surface area contributed by atoms with Crippen LogP contribution in [0.25, 0.3) is 0 Å². The first-order valence-corrected chi connectivity index (χ1v) is 5.60. The predicted octanol–water partition coefficient (Wildman–Crippen LogP) is 1.62. The second-order valence-corrected chi connectivity index (χ2v) is 3.97. The summed E-state index contributed by atoms with van der Waals surface area (Å²) >= 11 is 0. The molecule has 0 aromatic heterocycles. The summed E-state index contributed by atoms with van der Waals surface area (Å²) in [6, 6.07) is 0. The van der Waals surface area contributed by atoms with Gasteiger partial charge in [-0.15, -0.1) is 0 Å². The lowest BCUT2D eigenvalue weighted by Crippen LogP contribution is -2.24. The summed E-state index contributed by atoms with van der Waals surface area (Å²) < 4.78 is 5.09. The van der Waals surface area contributed by atoms with Crippen molar-refractivity contribution in [3.63, 3.8) is 0 Å². The molecule has 2 aliphatic rings. The highest BCUT2D eigenvalue weighted by Gasteiger charge is 2.36. The van der Waals surface area contributed by atoms with Crippen LogP contribution in [0.1, 0.15) is 19.8 Å². The van der Waals surface area contributed by atoms with Crippen LogP contribution in [0.15, 0.2) is 23.9 Å². The molecular weight excluding hydrogens is 190 g/mol. The van der Waals surface area contributed by atoms with Crippen molar-refractivity contribution >= 4 is 5.97 Å². The number of allylic oxidation sites excluding steroid dienone is 4. The standard InChI is InChI=1S/C12H17NO2/c1-2-15-12(14)10-8-13-11-7-5-3-4-6-9(10)11/h3,5,7,9-10,13H,2,4,6,8H2,1H3. The van der Waals surface area contributed by atoms with E-state index in [0.717, 1.165) is 19.4 Å². The van der Waals surface area contributed by atoms with E-state index in [-0.39, 0.29) is 11.9 Å². The van der Waals surface area contributed by atoms with E-state index in [0.29, 0.717) is 12.5 Å². The molecule has 0 aromatic rings. The molecule has 1 aliphatic carbocycles. The Morgan fingerprint density at radius 1 is 1.67 bits per heavy atom. The highest BCUT2D eigenvalue weighted by molar-refractivity contribution is 5.74. The summed E-state index contributed by atoms with van der Waals surface area (Å²) in [5, 5.41) is 3.30. The minimum Gasteiger partial charge on any atom is -0.466 e. The smallest absolute Gasteiger partial charge is 0.311 e. The summed E-state index contributed by atoms with van der Waals surface area (Å²) in [6.07, 6.45) is 8.38. The normalized spacial score (nSPS) is 28.7. The van der Waals surface area contributed by atoms with E-state index in [4.69, 9.17) is 4.74 Å². The molecule has 82 valence electrons. The van der Waals surface area contributed by atoms with Crippen LogP contribution < -0.4 is 5.32 Å². The van der Waals surface area contributed by atoms with Crippen LogP contribution in [0.5, 0.6) is 0 Å². The van der Waals surface area contributed by atoms with Crippen LogP contribution in [-0.2, 0) is 9.53 Å². The fourth-order valence-corrected chi connectivity index (χ4v) is 2.30. The van der Waals surface area contributed by atoms with E-state index in [9.17, 15) is 4.79 Å². The van der Waals surface area contributed by atoms with Gasteiger partial charge in [-0.1, -0.05) is 12.2 Å². The van der Waals surface area contributed by atoms with Crippen LogP contribution in [-0.4, -0.2) is 19.1 Å². The van der Waals surface area contributed by atoms with Crippen molar-refractivity contribution in [3.8, 4) is 0 Å². The summed E-state index contributed by atoms with van der Waals surface area (Å²) in [4.78, 5) is 11.7. The zero-order valence-corrected chi connectivity index (χ0v) is 9.03. The van der Waals surface area contributed by atoms with Gasteiger partial charge in [0.1, 0.15) is 0 Å². The summed E-state index contributed by atoms with van der Waals surface area (Å²) in [5.41, 5.74) is 1.20. The van der Waals surface area contributed by atoms with E-state index in [1.54, 1.807) is 0 Å². The molecule has 15 heavy (non-hydrogen) atoms. The number of rotatable bonds is 2. The maximum atomic E-state index is 11.7. The molecule has 0 amide bonds. The summed E-state index contributed by atoms with van der Waals surface area (Å²) in [7, 11) is 0. The number of hydrogen-bond donors (Lipinski definition) is 1. The van der Waals surface area contributed by atoms with E-state index in [1.807, 2.05) is 6.92 Å². The number of ether oxygens (including phenoxy) is 1. The Labute approximate surface area is 90.2 Å².